The highest BCUT2D eigenvalue weighted by Gasteiger charge is 2.33. The summed E-state index contributed by atoms with van der Waals surface area (Å²) in [4.78, 5) is 12.4. The Morgan fingerprint density at radius 1 is 0.786 bits per heavy atom. The summed E-state index contributed by atoms with van der Waals surface area (Å²) in [7, 11) is -6.00. The van der Waals surface area contributed by atoms with Gasteiger partial charge in [-0.15, -0.1) is 0 Å². The molecule has 3 aromatic rings. The Hall–Kier alpha value is -2.96. The van der Waals surface area contributed by atoms with E-state index >= 15 is 0 Å². The summed E-state index contributed by atoms with van der Waals surface area (Å²) in [5.74, 6) is 1.40. The molecule has 0 amide bonds. The lowest BCUT2D eigenvalue weighted by Crippen LogP contribution is -2.12. The van der Waals surface area contributed by atoms with Crippen LogP contribution in [0.5, 0.6) is 0 Å². The van der Waals surface area contributed by atoms with Gasteiger partial charge in [-0.05, 0) is 30.5 Å². The normalized spacial score (nSPS) is 13.4. The van der Waals surface area contributed by atoms with Gasteiger partial charge in [0.1, 0.15) is 0 Å². The standard InChI is InChI=1S/C21H17O2.BF4/c22-19-13-7-12-17-18(15-8-3-1-4-9-15)14-20(23-21(17)19)16-10-5-2-6-11-16;2-1(3,4)5/h1-6,8-11,14H,7,12-13H2;/q+1;-1. The maximum Gasteiger partial charge on any atom is 0.673 e. The molecule has 4 rings (SSSR count). The minimum Gasteiger partial charge on any atom is -0.418 e. The molecule has 28 heavy (non-hydrogen) atoms. The van der Waals surface area contributed by atoms with Crippen molar-refractivity contribution in [3.8, 4) is 22.5 Å². The van der Waals surface area contributed by atoms with E-state index in [1.807, 2.05) is 48.5 Å². The van der Waals surface area contributed by atoms with E-state index in [1.54, 1.807) is 0 Å². The molecule has 0 aliphatic heterocycles. The summed E-state index contributed by atoms with van der Waals surface area (Å²) >= 11 is 0. The Labute approximate surface area is 159 Å². The molecule has 7 heteroatoms. The second-order valence-corrected chi connectivity index (χ2v) is 6.34. The number of carbonyl (C=O) groups excluding carboxylic acids is 1. The zero-order chi connectivity index (χ0) is 20.1. The number of benzene rings is 2. The Morgan fingerprint density at radius 2 is 1.32 bits per heavy atom. The van der Waals surface area contributed by atoms with Crippen LogP contribution in [0, 0.1) is 0 Å². The predicted molar refractivity (Wildman–Crippen MR) is 101 cm³/mol. The molecule has 0 N–H and O–H groups in total. The lowest BCUT2D eigenvalue weighted by atomic mass is 9.89. The van der Waals surface area contributed by atoms with Crippen molar-refractivity contribution >= 4 is 13.0 Å². The lowest BCUT2D eigenvalue weighted by Gasteiger charge is -2.12. The van der Waals surface area contributed by atoms with Gasteiger partial charge in [0.2, 0.25) is 0 Å². The summed E-state index contributed by atoms with van der Waals surface area (Å²) < 4.78 is 45.0. The summed E-state index contributed by atoms with van der Waals surface area (Å²) in [6.45, 7) is 0. The molecular weight excluding hydrogens is 371 g/mol. The van der Waals surface area contributed by atoms with E-state index in [-0.39, 0.29) is 5.78 Å². The average Bonchev–Trinajstić information content (AvgIpc) is 2.68. The molecule has 0 saturated heterocycles. The second kappa shape index (κ2) is 8.38. The third kappa shape index (κ3) is 5.06. The van der Waals surface area contributed by atoms with Crippen molar-refractivity contribution in [2.45, 2.75) is 19.3 Å². The molecule has 1 aliphatic carbocycles. The molecule has 0 radical (unpaired) electrons. The number of hydrogen-bond acceptors (Lipinski definition) is 1. The van der Waals surface area contributed by atoms with Crippen LogP contribution in [0.15, 0.2) is 71.1 Å². The monoisotopic (exact) mass is 388 g/mol. The molecule has 2 aromatic carbocycles. The van der Waals surface area contributed by atoms with Crippen LogP contribution in [0.25, 0.3) is 22.5 Å². The van der Waals surface area contributed by atoms with Gasteiger partial charge in [-0.1, -0.05) is 48.5 Å². The molecule has 0 unspecified atom stereocenters. The smallest absolute Gasteiger partial charge is 0.418 e. The molecule has 1 heterocycles. The van der Waals surface area contributed by atoms with E-state index in [9.17, 15) is 22.1 Å². The SMILES string of the molecule is F[B-](F)(F)F.O=C1CCCc2c(-c3ccccc3)cc(-c3ccccc3)[o+]c21. The van der Waals surface area contributed by atoms with Crippen LogP contribution >= 0.6 is 0 Å². The van der Waals surface area contributed by atoms with Gasteiger partial charge in [-0.25, -0.2) is 4.42 Å². The largest absolute Gasteiger partial charge is 0.673 e. The zero-order valence-corrected chi connectivity index (χ0v) is 14.9. The maximum atomic E-state index is 12.4. The summed E-state index contributed by atoms with van der Waals surface area (Å²) in [6.07, 6.45) is 2.36. The van der Waals surface area contributed by atoms with Crippen LogP contribution in [0.3, 0.4) is 0 Å². The molecule has 2 nitrogen and oxygen atoms in total. The van der Waals surface area contributed by atoms with Crippen LogP contribution in [-0.2, 0) is 6.42 Å². The first-order valence-corrected chi connectivity index (χ1v) is 8.84. The fraction of sp³-hybridized carbons (Fsp3) is 0.143. The minimum atomic E-state index is -6.00. The molecule has 0 saturated carbocycles. The van der Waals surface area contributed by atoms with E-state index in [4.69, 9.17) is 4.42 Å². The first kappa shape index (κ1) is 19.8. The fourth-order valence-electron chi connectivity index (χ4n) is 3.17. The molecular formula is C21H17BF4O2. The van der Waals surface area contributed by atoms with Crippen molar-refractivity contribution in [2.75, 3.05) is 0 Å². The maximum absolute atomic E-state index is 12.4. The van der Waals surface area contributed by atoms with Crippen LogP contribution < -0.4 is 0 Å². The highest BCUT2D eigenvalue weighted by atomic mass is 19.5. The van der Waals surface area contributed by atoms with E-state index in [2.05, 4.69) is 18.2 Å². The fourth-order valence-corrected chi connectivity index (χ4v) is 3.17. The highest BCUT2D eigenvalue weighted by molar-refractivity contribution is 6.50. The van der Waals surface area contributed by atoms with E-state index in [0.29, 0.717) is 12.2 Å². The molecule has 0 spiro atoms. The molecule has 1 aliphatic rings. The Balaban J connectivity index is 0.000000403. The van der Waals surface area contributed by atoms with Gasteiger partial charge in [-0.2, -0.15) is 0 Å². The number of rotatable bonds is 2. The van der Waals surface area contributed by atoms with Crippen molar-refractivity contribution in [2.24, 2.45) is 0 Å². The first-order chi connectivity index (χ1) is 13.3. The van der Waals surface area contributed by atoms with Gasteiger partial charge < -0.3 is 17.3 Å². The van der Waals surface area contributed by atoms with Gasteiger partial charge in [0.05, 0.1) is 17.2 Å². The van der Waals surface area contributed by atoms with Crippen LogP contribution in [0.2, 0.25) is 0 Å². The third-order valence-electron chi connectivity index (χ3n) is 4.31. The molecule has 0 fully saturated rings. The first-order valence-electron chi connectivity index (χ1n) is 8.84. The zero-order valence-electron chi connectivity index (χ0n) is 14.9. The van der Waals surface area contributed by atoms with Gasteiger partial charge in [0, 0.05) is 12.0 Å². The number of halogens is 4. The Bertz CT molecular complexity index is 951. The number of hydrogen-bond donors (Lipinski definition) is 0. The predicted octanol–water partition coefficient (Wildman–Crippen LogP) is 6.71. The summed E-state index contributed by atoms with van der Waals surface area (Å²) in [5.41, 5.74) is 4.28. The van der Waals surface area contributed by atoms with Crippen molar-refractivity contribution < 1.29 is 26.5 Å². The molecule has 1 aromatic heterocycles. The van der Waals surface area contributed by atoms with Gasteiger partial charge >= 0.3 is 18.8 Å². The third-order valence-corrected chi connectivity index (χ3v) is 4.31. The number of carbonyl (C=O) groups is 1. The van der Waals surface area contributed by atoms with Crippen LogP contribution in [0.4, 0.5) is 17.3 Å². The quantitative estimate of drug-likeness (QED) is 0.277. The van der Waals surface area contributed by atoms with Crippen LogP contribution in [-0.4, -0.2) is 13.0 Å². The van der Waals surface area contributed by atoms with Gasteiger partial charge in [0.15, 0.2) is 0 Å². The van der Waals surface area contributed by atoms with Gasteiger partial charge in [-0.3, -0.25) is 4.79 Å². The van der Waals surface area contributed by atoms with Gasteiger partial charge in [0.25, 0.3) is 5.78 Å². The number of fused-ring (bicyclic) bond motifs is 1. The number of Topliss-reactive ketones (excluding diaryl/α,β-unsaturated/α-hetero) is 1. The minimum absolute atomic E-state index is 0.112. The lowest BCUT2D eigenvalue weighted by molar-refractivity contribution is 0.0941. The average molecular weight is 388 g/mol. The van der Waals surface area contributed by atoms with Crippen molar-refractivity contribution in [3.63, 3.8) is 0 Å². The van der Waals surface area contributed by atoms with Crippen LogP contribution in [0.1, 0.15) is 29.0 Å². The van der Waals surface area contributed by atoms with Crippen molar-refractivity contribution in [3.05, 3.63) is 78.1 Å². The number of ketones is 1. The van der Waals surface area contributed by atoms with E-state index < -0.39 is 7.25 Å². The molecule has 0 bridgehead atoms. The van der Waals surface area contributed by atoms with Crippen molar-refractivity contribution in [1.29, 1.82) is 0 Å². The Kier molecular flexibility index (Phi) is 5.92. The topological polar surface area (TPSA) is 28.4 Å². The van der Waals surface area contributed by atoms with E-state index in [0.717, 1.165) is 40.9 Å². The molecule has 0 atom stereocenters. The Morgan fingerprint density at radius 3 is 1.89 bits per heavy atom. The van der Waals surface area contributed by atoms with E-state index in [1.165, 1.54) is 0 Å². The highest BCUT2D eigenvalue weighted by Crippen LogP contribution is 2.36. The second-order valence-electron chi connectivity index (χ2n) is 6.34. The molecule has 144 valence electrons. The summed E-state index contributed by atoms with van der Waals surface area (Å²) in [5, 5.41) is 0. The summed E-state index contributed by atoms with van der Waals surface area (Å²) in [6, 6.07) is 22.3. The van der Waals surface area contributed by atoms with Crippen molar-refractivity contribution in [1.82, 2.24) is 0 Å².